The van der Waals surface area contributed by atoms with E-state index in [2.05, 4.69) is 0 Å². The molecule has 0 aliphatic rings. The Morgan fingerprint density at radius 2 is 1.62 bits per heavy atom. The number of rotatable bonds is 6. The van der Waals surface area contributed by atoms with Gasteiger partial charge in [0.2, 0.25) is 5.91 Å². The predicted molar refractivity (Wildman–Crippen MR) is 47.8 cm³/mol. The van der Waals surface area contributed by atoms with Gasteiger partial charge < -0.3 is 5.73 Å². The van der Waals surface area contributed by atoms with Gasteiger partial charge in [0.1, 0.15) is 5.78 Å². The molecular formula is C7H13NO4S. The van der Waals surface area contributed by atoms with E-state index in [0.717, 1.165) is 0 Å². The molecule has 0 rings (SSSR count). The Balaban J connectivity index is 3.95. The van der Waals surface area contributed by atoms with E-state index < -0.39 is 15.7 Å². The van der Waals surface area contributed by atoms with Gasteiger partial charge in [-0.05, 0) is 6.92 Å². The minimum Gasteiger partial charge on any atom is -0.370 e. The van der Waals surface area contributed by atoms with Crippen molar-refractivity contribution in [2.45, 2.75) is 19.8 Å². The van der Waals surface area contributed by atoms with Crippen molar-refractivity contribution in [3.63, 3.8) is 0 Å². The maximum Gasteiger partial charge on any atom is 0.218 e. The SMILES string of the molecule is CC(=O)CCS(=O)(=O)CCC(N)=O. The number of sulfone groups is 1. The van der Waals surface area contributed by atoms with Crippen molar-refractivity contribution >= 4 is 21.5 Å². The average molecular weight is 207 g/mol. The molecule has 13 heavy (non-hydrogen) atoms. The fourth-order valence-corrected chi connectivity index (χ4v) is 1.97. The number of ketones is 1. The second kappa shape index (κ2) is 4.96. The highest BCUT2D eigenvalue weighted by atomic mass is 32.2. The molecule has 0 saturated heterocycles. The molecule has 0 atom stereocenters. The molecule has 0 bridgehead atoms. The summed E-state index contributed by atoms with van der Waals surface area (Å²) in [7, 11) is -3.29. The molecule has 1 amide bonds. The monoisotopic (exact) mass is 207 g/mol. The van der Waals surface area contributed by atoms with Gasteiger partial charge in [0.25, 0.3) is 0 Å². The van der Waals surface area contributed by atoms with Crippen molar-refractivity contribution < 1.29 is 18.0 Å². The number of carbonyl (C=O) groups is 2. The van der Waals surface area contributed by atoms with Crippen molar-refractivity contribution in [2.24, 2.45) is 5.73 Å². The van der Waals surface area contributed by atoms with Gasteiger partial charge in [-0.15, -0.1) is 0 Å². The molecule has 5 nitrogen and oxygen atoms in total. The Kier molecular flexibility index (Phi) is 4.61. The van der Waals surface area contributed by atoms with Crippen LogP contribution in [0.1, 0.15) is 19.8 Å². The Morgan fingerprint density at radius 3 is 2.00 bits per heavy atom. The highest BCUT2D eigenvalue weighted by Crippen LogP contribution is 1.97. The first-order chi connectivity index (χ1) is 5.83. The summed E-state index contributed by atoms with van der Waals surface area (Å²) in [5.74, 6) is -1.29. The third-order valence-corrected chi connectivity index (χ3v) is 3.08. The summed E-state index contributed by atoms with van der Waals surface area (Å²) in [5, 5.41) is 0. The van der Waals surface area contributed by atoms with Crippen LogP contribution in [0.5, 0.6) is 0 Å². The number of amides is 1. The van der Waals surface area contributed by atoms with Crippen molar-refractivity contribution in [3.8, 4) is 0 Å². The molecule has 0 aromatic heterocycles. The molecule has 0 aliphatic carbocycles. The topological polar surface area (TPSA) is 94.3 Å². The highest BCUT2D eigenvalue weighted by molar-refractivity contribution is 7.91. The Hall–Kier alpha value is -0.910. The minimum atomic E-state index is -3.29. The molecule has 0 heterocycles. The van der Waals surface area contributed by atoms with E-state index in [-0.39, 0.29) is 30.1 Å². The lowest BCUT2D eigenvalue weighted by atomic mass is 10.4. The number of hydrogen-bond donors (Lipinski definition) is 1. The highest BCUT2D eigenvalue weighted by Gasteiger charge is 2.12. The van der Waals surface area contributed by atoms with Crippen molar-refractivity contribution in [1.82, 2.24) is 0 Å². The molecule has 0 aromatic carbocycles. The maximum absolute atomic E-state index is 11.1. The zero-order valence-corrected chi connectivity index (χ0v) is 8.26. The first-order valence-corrected chi connectivity index (χ1v) is 5.64. The van der Waals surface area contributed by atoms with Gasteiger partial charge in [-0.3, -0.25) is 9.59 Å². The number of Topliss-reactive ketones (excluding diaryl/α,β-unsaturated/α-hetero) is 1. The van der Waals surface area contributed by atoms with Crippen molar-refractivity contribution in [1.29, 1.82) is 0 Å². The summed E-state index contributed by atoms with van der Waals surface area (Å²) in [6.07, 6.45) is -0.179. The first-order valence-electron chi connectivity index (χ1n) is 3.81. The van der Waals surface area contributed by atoms with E-state index in [0.29, 0.717) is 0 Å². The first kappa shape index (κ1) is 12.1. The van der Waals surface area contributed by atoms with Crippen molar-refractivity contribution in [2.75, 3.05) is 11.5 Å². The summed E-state index contributed by atoms with van der Waals surface area (Å²) in [4.78, 5) is 20.7. The summed E-state index contributed by atoms with van der Waals surface area (Å²) < 4.78 is 22.2. The van der Waals surface area contributed by atoms with E-state index in [1.807, 2.05) is 0 Å². The van der Waals surface area contributed by atoms with Crippen LogP contribution in [-0.4, -0.2) is 31.6 Å². The van der Waals surface area contributed by atoms with Crippen LogP contribution in [0.15, 0.2) is 0 Å². The molecule has 76 valence electrons. The summed E-state index contributed by atoms with van der Waals surface area (Å²) in [6, 6.07) is 0. The third-order valence-electron chi connectivity index (χ3n) is 1.42. The number of nitrogens with two attached hydrogens (primary N) is 1. The Labute approximate surface area is 77.2 Å². The fraction of sp³-hybridized carbons (Fsp3) is 0.714. The average Bonchev–Trinajstić information content (AvgIpc) is 1.98. The fourth-order valence-electron chi connectivity index (χ4n) is 0.657. The predicted octanol–water partition coefficient (Wildman–Crippen LogP) is -0.744. The second-order valence-corrected chi connectivity index (χ2v) is 5.12. The Bertz CT molecular complexity index is 270. The number of hydrogen-bond acceptors (Lipinski definition) is 4. The van der Waals surface area contributed by atoms with Crippen molar-refractivity contribution in [3.05, 3.63) is 0 Å². The van der Waals surface area contributed by atoms with Crippen LogP contribution in [0.25, 0.3) is 0 Å². The van der Waals surface area contributed by atoms with Gasteiger partial charge >= 0.3 is 0 Å². The van der Waals surface area contributed by atoms with E-state index in [4.69, 9.17) is 5.73 Å². The quantitative estimate of drug-likeness (QED) is 0.620. The van der Waals surface area contributed by atoms with Crippen LogP contribution in [0, 0.1) is 0 Å². The molecule has 0 fully saturated rings. The lowest BCUT2D eigenvalue weighted by Crippen LogP contribution is -2.19. The van der Waals surface area contributed by atoms with E-state index >= 15 is 0 Å². The van der Waals surface area contributed by atoms with E-state index in [9.17, 15) is 18.0 Å². The Morgan fingerprint density at radius 1 is 1.15 bits per heavy atom. The summed E-state index contributed by atoms with van der Waals surface area (Å²) >= 11 is 0. The molecular weight excluding hydrogens is 194 g/mol. The molecule has 2 N–H and O–H groups in total. The molecule has 0 aromatic rings. The molecule has 0 spiro atoms. The lowest BCUT2D eigenvalue weighted by Gasteiger charge is -1.99. The normalized spacial score (nSPS) is 11.2. The smallest absolute Gasteiger partial charge is 0.218 e. The van der Waals surface area contributed by atoms with Crippen LogP contribution >= 0.6 is 0 Å². The molecule has 0 aliphatic heterocycles. The van der Waals surface area contributed by atoms with Crippen LogP contribution in [0.2, 0.25) is 0 Å². The van der Waals surface area contributed by atoms with Crippen LogP contribution in [0.4, 0.5) is 0 Å². The van der Waals surface area contributed by atoms with E-state index in [1.165, 1.54) is 6.92 Å². The summed E-state index contributed by atoms with van der Waals surface area (Å²) in [6.45, 7) is 1.32. The van der Waals surface area contributed by atoms with Crippen LogP contribution in [0.3, 0.4) is 0 Å². The maximum atomic E-state index is 11.1. The molecule has 0 saturated carbocycles. The number of primary amides is 1. The van der Waals surface area contributed by atoms with Gasteiger partial charge in [-0.1, -0.05) is 0 Å². The van der Waals surface area contributed by atoms with Gasteiger partial charge in [-0.25, -0.2) is 8.42 Å². The van der Waals surface area contributed by atoms with Gasteiger partial charge in [-0.2, -0.15) is 0 Å². The van der Waals surface area contributed by atoms with E-state index in [1.54, 1.807) is 0 Å². The largest absolute Gasteiger partial charge is 0.370 e. The zero-order chi connectivity index (χ0) is 10.5. The third kappa shape index (κ3) is 7.45. The standard InChI is InChI=1S/C7H13NO4S/c1-6(9)2-4-13(11,12)5-3-7(8)10/h2-5H2,1H3,(H2,8,10). The summed E-state index contributed by atoms with van der Waals surface area (Å²) in [5.41, 5.74) is 4.79. The van der Waals surface area contributed by atoms with Crippen LogP contribution < -0.4 is 5.73 Å². The van der Waals surface area contributed by atoms with Gasteiger partial charge in [0, 0.05) is 12.8 Å². The molecule has 0 radical (unpaired) electrons. The lowest BCUT2D eigenvalue weighted by molar-refractivity contribution is -0.118. The van der Waals surface area contributed by atoms with Gasteiger partial charge in [0.05, 0.1) is 11.5 Å². The number of carbonyl (C=O) groups excluding carboxylic acids is 2. The zero-order valence-electron chi connectivity index (χ0n) is 7.45. The molecule has 6 heteroatoms. The van der Waals surface area contributed by atoms with Gasteiger partial charge in [0.15, 0.2) is 9.84 Å². The van der Waals surface area contributed by atoms with Crippen LogP contribution in [-0.2, 0) is 19.4 Å². The minimum absolute atomic E-state index is 0.00109. The molecule has 0 unspecified atom stereocenters. The second-order valence-electron chi connectivity index (χ2n) is 2.82.